The second kappa shape index (κ2) is 8.19. The van der Waals surface area contributed by atoms with Crippen LogP contribution in [0.15, 0.2) is 42.6 Å². The fourth-order valence-corrected chi connectivity index (χ4v) is 4.11. The van der Waals surface area contributed by atoms with Gasteiger partial charge in [-0.2, -0.15) is 5.26 Å². The molecule has 0 aliphatic carbocycles. The van der Waals surface area contributed by atoms with E-state index in [-0.39, 0.29) is 6.04 Å². The van der Waals surface area contributed by atoms with Gasteiger partial charge in [-0.1, -0.05) is 6.07 Å². The first kappa shape index (κ1) is 19.8. The molecule has 0 N–H and O–H groups in total. The van der Waals surface area contributed by atoms with Crippen molar-refractivity contribution in [2.45, 2.75) is 32.2 Å². The van der Waals surface area contributed by atoms with Crippen molar-refractivity contribution in [3.05, 3.63) is 59.7 Å². The molecule has 10 nitrogen and oxygen atoms in total. The highest BCUT2D eigenvalue weighted by Crippen LogP contribution is 2.33. The summed E-state index contributed by atoms with van der Waals surface area (Å²) < 4.78 is 2.01. The summed E-state index contributed by atoms with van der Waals surface area (Å²) in [6.07, 6.45) is 4.83. The lowest BCUT2D eigenvalue weighted by Crippen LogP contribution is -2.36. The Morgan fingerprint density at radius 2 is 2.00 bits per heavy atom. The van der Waals surface area contributed by atoms with Crippen molar-refractivity contribution in [3.63, 3.8) is 0 Å². The van der Waals surface area contributed by atoms with E-state index in [4.69, 9.17) is 5.26 Å². The number of hydrogen-bond donors (Lipinski definition) is 0. The molecule has 3 aromatic heterocycles. The zero-order valence-corrected chi connectivity index (χ0v) is 17.9. The smallest absolute Gasteiger partial charge is 0.227 e. The van der Waals surface area contributed by atoms with E-state index in [0.717, 1.165) is 48.8 Å². The van der Waals surface area contributed by atoms with Crippen LogP contribution in [-0.2, 0) is 7.05 Å². The number of nitriles is 1. The third-order valence-electron chi connectivity index (χ3n) is 5.70. The number of anilines is 1. The van der Waals surface area contributed by atoms with Crippen LogP contribution in [0.2, 0.25) is 0 Å². The maximum absolute atomic E-state index is 9.16. The van der Waals surface area contributed by atoms with Crippen LogP contribution in [0.25, 0.3) is 17.1 Å². The van der Waals surface area contributed by atoms with Crippen molar-refractivity contribution in [3.8, 4) is 23.1 Å². The van der Waals surface area contributed by atoms with Gasteiger partial charge in [-0.05, 0) is 61.7 Å². The minimum absolute atomic E-state index is 0.0495. The molecule has 10 heteroatoms. The average Bonchev–Trinajstić information content (AvgIpc) is 3.46. The monoisotopic (exact) mass is 426 g/mol. The number of aromatic nitrogens is 8. The molecule has 1 atom stereocenters. The Balaban J connectivity index is 1.47. The molecular weight excluding hydrogens is 404 g/mol. The van der Waals surface area contributed by atoms with Crippen LogP contribution < -0.4 is 4.90 Å². The Hall–Kier alpha value is -4.13. The quantitative estimate of drug-likeness (QED) is 0.489. The summed E-state index contributed by atoms with van der Waals surface area (Å²) in [5, 5.41) is 31.3. The lowest BCUT2D eigenvalue weighted by Gasteiger charge is -2.34. The maximum atomic E-state index is 9.16. The Morgan fingerprint density at radius 3 is 2.84 bits per heavy atom. The second-order valence-corrected chi connectivity index (χ2v) is 7.87. The van der Waals surface area contributed by atoms with E-state index < -0.39 is 0 Å². The number of aryl methyl sites for hydroxylation is 1. The maximum Gasteiger partial charge on any atom is 0.227 e. The summed E-state index contributed by atoms with van der Waals surface area (Å²) >= 11 is 0. The highest BCUT2D eigenvalue weighted by molar-refractivity contribution is 5.57. The van der Waals surface area contributed by atoms with Crippen molar-refractivity contribution in [2.24, 2.45) is 7.05 Å². The van der Waals surface area contributed by atoms with Gasteiger partial charge in [0.1, 0.15) is 0 Å². The van der Waals surface area contributed by atoms with Crippen molar-refractivity contribution in [1.29, 1.82) is 5.26 Å². The van der Waals surface area contributed by atoms with Gasteiger partial charge in [0.15, 0.2) is 11.6 Å². The van der Waals surface area contributed by atoms with Crippen molar-refractivity contribution < 1.29 is 0 Å². The van der Waals surface area contributed by atoms with Crippen LogP contribution in [0, 0.1) is 18.3 Å². The molecule has 1 aliphatic rings. The molecule has 0 amide bonds. The third-order valence-corrected chi connectivity index (χ3v) is 5.70. The molecule has 160 valence electrons. The van der Waals surface area contributed by atoms with Gasteiger partial charge in [-0.25, -0.2) is 0 Å². The van der Waals surface area contributed by atoms with E-state index >= 15 is 0 Å². The van der Waals surface area contributed by atoms with Gasteiger partial charge in [-0.3, -0.25) is 9.55 Å². The van der Waals surface area contributed by atoms with Gasteiger partial charge in [0.2, 0.25) is 5.95 Å². The first-order chi connectivity index (χ1) is 15.6. The van der Waals surface area contributed by atoms with Crippen LogP contribution in [0.5, 0.6) is 0 Å². The molecule has 1 aromatic carbocycles. The summed E-state index contributed by atoms with van der Waals surface area (Å²) in [6, 6.07) is 13.2. The topological polar surface area (TPSA) is 114 Å². The number of pyridine rings is 1. The Kier molecular flexibility index (Phi) is 5.07. The second-order valence-electron chi connectivity index (χ2n) is 7.87. The van der Waals surface area contributed by atoms with Gasteiger partial charge in [0.05, 0.1) is 23.4 Å². The van der Waals surface area contributed by atoms with Crippen LogP contribution in [-0.4, -0.2) is 46.5 Å². The first-order valence-corrected chi connectivity index (χ1v) is 10.5. The standard InChI is InChI=1S/C22H22N10/c1-15-12-17(9-10-24-15)21-26-27-22(30(21)2)31-11-4-3-8-19(31)20-25-29-32(28-20)18-7-5-6-16(13-18)14-23/h5-7,9-10,12-13,19H,3-4,8,11H2,1-2H3. The van der Waals surface area contributed by atoms with E-state index in [1.807, 2.05) is 42.8 Å². The van der Waals surface area contributed by atoms with Gasteiger partial charge in [0.25, 0.3) is 0 Å². The lowest BCUT2D eigenvalue weighted by molar-refractivity contribution is 0.445. The Bertz CT molecular complexity index is 1300. The number of tetrazole rings is 1. The van der Waals surface area contributed by atoms with Crippen LogP contribution in [0.1, 0.15) is 42.4 Å². The molecule has 5 rings (SSSR count). The molecule has 4 aromatic rings. The van der Waals surface area contributed by atoms with Gasteiger partial charge < -0.3 is 4.90 Å². The number of piperidine rings is 1. The summed E-state index contributed by atoms with van der Waals surface area (Å²) in [4.78, 5) is 7.96. The number of nitrogens with zero attached hydrogens (tertiary/aromatic N) is 10. The van der Waals surface area contributed by atoms with Gasteiger partial charge >= 0.3 is 0 Å². The summed E-state index contributed by atoms with van der Waals surface area (Å²) in [7, 11) is 1.98. The van der Waals surface area contributed by atoms with Crippen LogP contribution in [0.4, 0.5) is 5.95 Å². The van der Waals surface area contributed by atoms with Crippen molar-refractivity contribution in [2.75, 3.05) is 11.4 Å². The zero-order valence-electron chi connectivity index (χ0n) is 17.9. The Morgan fingerprint density at radius 1 is 1.09 bits per heavy atom. The van der Waals surface area contributed by atoms with E-state index in [9.17, 15) is 0 Å². The Labute approximate surface area is 185 Å². The van der Waals surface area contributed by atoms with Gasteiger partial charge in [-0.15, -0.1) is 25.2 Å². The minimum atomic E-state index is -0.0495. The predicted octanol–water partition coefficient (Wildman–Crippen LogP) is 2.76. The summed E-state index contributed by atoms with van der Waals surface area (Å²) in [5.74, 6) is 2.21. The van der Waals surface area contributed by atoms with Crippen molar-refractivity contribution >= 4 is 5.95 Å². The normalized spacial score (nSPS) is 16.2. The third kappa shape index (κ3) is 3.58. The highest BCUT2D eigenvalue weighted by Gasteiger charge is 2.31. The number of benzene rings is 1. The molecule has 4 heterocycles. The number of rotatable bonds is 4. The molecule has 32 heavy (non-hydrogen) atoms. The van der Waals surface area contributed by atoms with E-state index in [1.54, 1.807) is 18.3 Å². The molecule has 1 unspecified atom stereocenters. The predicted molar refractivity (Wildman–Crippen MR) is 117 cm³/mol. The van der Waals surface area contributed by atoms with E-state index in [2.05, 4.69) is 41.6 Å². The minimum Gasteiger partial charge on any atom is -0.330 e. The first-order valence-electron chi connectivity index (χ1n) is 10.5. The molecular formula is C22H22N10. The number of hydrogen-bond acceptors (Lipinski definition) is 8. The largest absolute Gasteiger partial charge is 0.330 e. The van der Waals surface area contributed by atoms with Crippen molar-refractivity contribution in [1.82, 2.24) is 40.0 Å². The molecule has 0 spiro atoms. The molecule has 0 saturated carbocycles. The molecule has 1 fully saturated rings. The highest BCUT2D eigenvalue weighted by atomic mass is 15.6. The fourth-order valence-electron chi connectivity index (χ4n) is 4.11. The molecule has 1 aliphatic heterocycles. The van der Waals surface area contributed by atoms with Gasteiger partial charge in [0, 0.05) is 31.0 Å². The zero-order chi connectivity index (χ0) is 22.1. The molecule has 1 saturated heterocycles. The molecule has 0 radical (unpaired) electrons. The summed E-state index contributed by atoms with van der Waals surface area (Å²) in [5.41, 5.74) is 3.18. The lowest BCUT2D eigenvalue weighted by atomic mass is 10.0. The van der Waals surface area contributed by atoms with Crippen LogP contribution in [0.3, 0.4) is 0 Å². The van der Waals surface area contributed by atoms with E-state index in [0.29, 0.717) is 17.1 Å². The van der Waals surface area contributed by atoms with Crippen LogP contribution >= 0.6 is 0 Å². The summed E-state index contributed by atoms with van der Waals surface area (Å²) in [6.45, 7) is 2.80. The molecule has 0 bridgehead atoms. The SMILES string of the molecule is Cc1cc(-c2nnc(N3CCCCC3c3nnn(-c4cccc(C#N)c4)n3)n2C)ccn1. The average molecular weight is 426 g/mol. The van der Waals surface area contributed by atoms with E-state index in [1.165, 1.54) is 4.80 Å². The fraction of sp³-hybridized carbons (Fsp3) is 0.318.